The highest BCUT2D eigenvalue weighted by Crippen LogP contribution is 2.40. The Bertz CT molecular complexity index is 518. The number of rotatable bonds is 2. The number of halogens is 3. The molecule has 0 fully saturated rings. The van der Waals surface area contributed by atoms with Crippen LogP contribution in [0.5, 0.6) is 5.75 Å². The lowest BCUT2D eigenvalue weighted by molar-refractivity contribution is -0.184. The third kappa shape index (κ3) is 2.61. The van der Waals surface area contributed by atoms with Gasteiger partial charge in [-0.25, -0.2) is 0 Å². The van der Waals surface area contributed by atoms with Crippen LogP contribution in [0.4, 0.5) is 13.2 Å². The van der Waals surface area contributed by atoms with Crippen molar-refractivity contribution in [3.05, 3.63) is 34.4 Å². The largest absolute Gasteiger partial charge is 0.476 e. The number of aryl methyl sites for hydroxylation is 1. The Labute approximate surface area is 109 Å². The topological polar surface area (TPSA) is 29.5 Å². The summed E-state index contributed by atoms with van der Waals surface area (Å²) in [7, 11) is 0. The fraction of sp³-hybridized carbons (Fsp3) is 0.429. The molecule has 104 valence electrons. The van der Waals surface area contributed by atoms with Gasteiger partial charge in [-0.15, -0.1) is 0 Å². The Kier molecular flexibility index (Phi) is 3.58. The minimum atomic E-state index is -4.42. The highest BCUT2D eigenvalue weighted by Gasteiger charge is 2.45. The van der Waals surface area contributed by atoms with E-state index in [0.29, 0.717) is 16.7 Å². The van der Waals surface area contributed by atoms with Gasteiger partial charge in [0.25, 0.3) is 0 Å². The number of aliphatic hydroxyl groups is 1. The highest BCUT2D eigenvalue weighted by atomic mass is 19.4. The van der Waals surface area contributed by atoms with E-state index in [0.717, 1.165) is 0 Å². The van der Waals surface area contributed by atoms with E-state index in [-0.39, 0.29) is 24.4 Å². The van der Waals surface area contributed by atoms with Crippen LogP contribution in [0.2, 0.25) is 0 Å². The number of benzene rings is 1. The van der Waals surface area contributed by atoms with Gasteiger partial charge in [-0.3, -0.25) is 0 Å². The Hall–Kier alpha value is -1.49. The van der Waals surface area contributed by atoms with Crippen LogP contribution in [0.1, 0.15) is 30.0 Å². The molecular weight excluding hydrogens is 257 g/mol. The minimum absolute atomic E-state index is 0.147. The molecule has 0 aromatic heterocycles. The van der Waals surface area contributed by atoms with E-state index >= 15 is 0 Å². The van der Waals surface area contributed by atoms with Crippen molar-refractivity contribution in [2.24, 2.45) is 0 Å². The van der Waals surface area contributed by atoms with Crippen LogP contribution in [0.25, 0.3) is 6.08 Å². The van der Waals surface area contributed by atoms with Crippen molar-refractivity contribution in [2.75, 3.05) is 0 Å². The lowest BCUT2D eigenvalue weighted by Crippen LogP contribution is -2.37. The number of hydrogen-bond acceptors (Lipinski definition) is 2. The number of hydrogen-bond donors (Lipinski definition) is 1. The summed E-state index contributed by atoms with van der Waals surface area (Å²) in [6.45, 7) is 3.20. The molecule has 0 saturated heterocycles. The van der Waals surface area contributed by atoms with Gasteiger partial charge >= 0.3 is 6.18 Å². The lowest BCUT2D eigenvalue weighted by Gasteiger charge is -2.29. The molecule has 1 aromatic carbocycles. The van der Waals surface area contributed by atoms with Crippen LogP contribution in [-0.4, -0.2) is 17.4 Å². The van der Waals surface area contributed by atoms with Crippen molar-refractivity contribution >= 4 is 6.08 Å². The zero-order valence-electron chi connectivity index (χ0n) is 10.7. The maximum atomic E-state index is 12.9. The molecule has 2 rings (SSSR count). The Morgan fingerprint density at radius 2 is 2.00 bits per heavy atom. The van der Waals surface area contributed by atoms with E-state index in [2.05, 4.69) is 0 Å². The molecule has 1 aliphatic rings. The van der Waals surface area contributed by atoms with Crippen LogP contribution >= 0.6 is 0 Å². The molecule has 0 aliphatic carbocycles. The standard InChI is InChI=1S/C14H15F3O2/c1-3-10-6-11-5-9(7-18)4-8(2)12(11)19-13(10)14(15,16)17/h4-6,13,18H,3,7H2,1-2H3. The van der Waals surface area contributed by atoms with Crippen LogP contribution in [0.15, 0.2) is 17.7 Å². The van der Waals surface area contributed by atoms with E-state index in [1.54, 1.807) is 26.0 Å². The van der Waals surface area contributed by atoms with Crippen molar-refractivity contribution in [1.82, 2.24) is 0 Å². The molecule has 1 aliphatic heterocycles. The molecule has 1 aromatic rings. The monoisotopic (exact) mass is 272 g/mol. The molecule has 0 radical (unpaired) electrons. The first kappa shape index (κ1) is 13.9. The van der Waals surface area contributed by atoms with Gasteiger partial charge < -0.3 is 9.84 Å². The van der Waals surface area contributed by atoms with Crippen molar-refractivity contribution in [3.8, 4) is 5.75 Å². The second-order valence-corrected chi connectivity index (χ2v) is 4.60. The summed E-state index contributed by atoms with van der Waals surface area (Å²) >= 11 is 0. The summed E-state index contributed by atoms with van der Waals surface area (Å²) in [5, 5.41) is 9.13. The zero-order valence-corrected chi connectivity index (χ0v) is 10.7. The molecule has 19 heavy (non-hydrogen) atoms. The summed E-state index contributed by atoms with van der Waals surface area (Å²) in [5.41, 5.74) is 2.06. The molecular formula is C14H15F3O2. The van der Waals surface area contributed by atoms with Gasteiger partial charge in [-0.1, -0.05) is 13.0 Å². The third-order valence-electron chi connectivity index (χ3n) is 3.16. The smallest absolute Gasteiger partial charge is 0.429 e. The van der Waals surface area contributed by atoms with Gasteiger partial charge in [-0.05, 0) is 42.2 Å². The van der Waals surface area contributed by atoms with Gasteiger partial charge in [0.05, 0.1) is 6.61 Å². The highest BCUT2D eigenvalue weighted by molar-refractivity contribution is 5.66. The Balaban J connectivity index is 2.52. The van der Waals surface area contributed by atoms with Crippen LogP contribution in [0.3, 0.4) is 0 Å². The van der Waals surface area contributed by atoms with Gasteiger partial charge in [0, 0.05) is 5.56 Å². The molecule has 0 saturated carbocycles. The molecule has 1 unspecified atom stereocenters. The normalized spacial score (nSPS) is 18.6. The van der Waals surface area contributed by atoms with Gasteiger partial charge in [0.15, 0.2) is 0 Å². The maximum Gasteiger partial charge on any atom is 0.429 e. The van der Waals surface area contributed by atoms with Gasteiger partial charge in [0.2, 0.25) is 6.10 Å². The van der Waals surface area contributed by atoms with E-state index in [4.69, 9.17) is 9.84 Å². The molecule has 0 spiro atoms. The van der Waals surface area contributed by atoms with E-state index < -0.39 is 12.3 Å². The molecule has 5 heteroatoms. The number of fused-ring (bicyclic) bond motifs is 1. The third-order valence-corrected chi connectivity index (χ3v) is 3.16. The number of aliphatic hydroxyl groups excluding tert-OH is 1. The van der Waals surface area contributed by atoms with E-state index in [1.165, 1.54) is 6.08 Å². The Morgan fingerprint density at radius 3 is 2.53 bits per heavy atom. The fourth-order valence-corrected chi connectivity index (χ4v) is 2.27. The maximum absolute atomic E-state index is 12.9. The van der Waals surface area contributed by atoms with Crippen molar-refractivity contribution in [1.29, 1.82) is 0 Å². The molecule has 2 nitrogen and oxygen atoms in total. The van der Waals surface area contributed by atoms with Crippen molar-refractivity contribution < 1.29 is 23.0 Å². The van der Waals surface area contributed by atoms with Crippen LogP contribution in [0, 0.1) is 6.92 Å². The number of ether oxygens (including phenoxy) is 1. The van der Waals surface area contributed by atoms with Gasteiger partial charge in [-0.2, -0.15) is 13.2 Å². The summed E-state index contributed by atoms with van der Waals surface area (Å²) in [4.78, 5) is 0. The van der Waals surface area contributed by atoms with E-state index in [1.807, 2.05) is 0 Å². The summed E-state index contributed by atoms with van der Waals surface area (Å²) in [6, 6.07) is 3.29. The summed E-state index contributed by atoms with van der Waals surface area (Å²) < 4.78 is 44.0. The second-order valence-electron chi connectivity index (χ2n) is 4.60. The second kappa shape index (κ2) is 4.89. The van der Waals surface area contributed by atoms with E-state index in [9.17, 15) is 13.2 Å². The molecule has 1 atom stereocenters. The van der Waals surface area contributed by atoms with Crippen molar-refractivity contribution in [2.45, 2.75) is 39.2 Å². The average molecular weight is 272 g/mol. The first-order valence-electron chi connectivity index (χ1n) is 6.05. The first-order chi connectivity index (χ1) is 8.86. The minimum Gasteiger partial charge on any atom is -0.476 e. The molecule has 1 N–H and O–H groups in total. The fourth-order valence-electron chi connectivity index (χ4n) is 2.27. The Morgan fingerprint density at radius 1 is 1.32 bits per heavy atom. The molecule has 0 bridgehead atoms. The summed E-state index contributed by atoms with van der Waals surface area (Å²) in [5.74, 6) is 0.247. The SMILES string of the molecule is CCC1=Cc2cc(CO)cc(C)c2OC1C(F)(F)F. The molecule has 1 heterocycles. The predicted octanol–water partition coefficient (Wildman–Crippen LogP) is 3.60. The summed E-state index contributed by atoms with van der Waals surface area (Å²) in [6.07, 6.45) is -4.50. The first-order valence-corrected chi connectivity index (χ1v) is 6.05. The quantitative estimate of drug-likeness (QED) is 0.891. The lowest BCUT2D eigenvalue weighted by atomic mass is 9.96. The van der Waals surface area contributed by atoms with Crippen LogP contribution in [-0.2, 0) is 6.61 Å². The van der Waals surface area contributed by atoms with Crippen LogP contribution < -0.4 is 4.74 Å². The predicted molar refractivity (Wildman–Crippen MR) is 65.8 cm³/mol. The van der Waals surface area contributed by atoms with Gasteiger partial charge in [0.1, 0.15) is 5.75 Å². The molecule has 0 amide bonds. The average Bonchev–Trinajstić information content (AvgIpc) is 2.35. The zero-order chi connectivity index (χ0) is 14.2. The van der Waals surface area contributed by atoms with Crippen molar-refractivity contribution in [3.63, 3.8) is 0 Å². The number of alkyl halides is 3.